The highest BCUT2D eigenvalue weighted by molar-refractivity contribution is 5.35. The van der Waals surface area contributed by atoms with Gasteiger partial charge in [0.15, 0.2) is 0 Å². The Morgan fingerprint density at radius 1 is 1.58 bits per heavy atom. The number of nitrogens with zero attached hydrogens (tertiary/aromatic N) is 2. The average molecular weight is 267 g/mol. The molecule has 0 saturated heterocycles. The number of nitro benzene ring substituents is 1. The van der Waals surface area contributed by atoms with Crippen LogP contribution in [-0.2, 0) is 6.54 Å². The lowest BCUT2D eigenvalue weighted by atomic mass is 10.1. The van der Waals surface area contributed by atoms with Gasteiger partial charge in [0, 0.05) is 25.2 Å². The van der Waals surface area contributed by atoms with Crippen molar-refractivity contribution in [2.45, 2.75) is 25.4 Å². The summed E-state index contributed by atoms with van der Waals surface area (Å²) in [6, 6.07) is 4.35. The molecule has 1 aliphatic carbocycles. The molecule has 1 aromatic carbocycles. The van der Waals surface area contributed by atoms with Crippen LogP contribution in [0.4, 0.5) is 10.1 Å². The third-order valence-electron chi connectivity index (χ3n) is 3.61. The van der Waals surface area contributed by atoms with Gasteiger partial charge in [0.05, 0.1) is 4.92 Å². The first-order valence-corrected chi connectivity index (χ1v) is 6.36. The summed E-state index contributed by atoms with van der Waals surface area (Å²) in [5.41, 5.74) is 6.00. The normalized spacial score (nSPS) is 16.6. The van der Waals surface area contributed by atoms with Crippen molar-refractivity contribution in [3.63, 3.8) is 0 Å². The van der Waals surface area contributed by atoms with Crippen molar-refractivity contribution >= 4 is 5.69 Å². The van der Waals surface area contributed by atoms with Crippen LogP contribution in [-0.4, -0.2) is 29.5 Å². The molecule has 1 fully saturated rings. The summed E-state index contributed by atoms with van der Waals surface area (Å²) in [5.74, 6) is -0.149. The zero-order valence-corrected chi connectivity index (χ0v) is 10.9. The van der Waals surface area contributed by atoms with E-state index in [0.717, 1.165) is 5.56 Å². The molecule has 6 heteroatoms. The molecule has 1 unspecified atom stereocenters. The number of hydrogen-bond donors (Lipinski definition) is 1. The number of nitro groups is 1. The van der Waals surface area contributed by atoms with Crippen LogP contribution >= 0.6 is 0 Å². The van der Waals surface area contributed by atoms with Crippen LogP contribution < -0.4 is 5.73 Å². The number of likely N-dealkylation sites (N-methyl/N-ethyl adjacent to an activating group) is 1. The minimum Gasteiger partial charge on any atom is -0.329 e. The van der Waals surface area contributed by atoms with Crippen LogP contribution in [0.25, 0.3) is 0 Å². The monoisotopic (exact) mass is 267 g/mol. The number of hydrogen-bond acceptors (Lipinski definition) is 4. The second-order valence-corrected chi connectivity index (χ2v) is 5.10. The van der Waals surface area contributed by atoms with Crippen molar-refractivity contribution in [3.05, 3.63) is 39.7 Å². The van der Waals surface area contributed by atoms with Crippen molar-refractivity contribution in [1.82, 2.24) is 4.90 Å². The summed E-state index contributed by atoms with van der Waals surface area (Å²) in [5, 5.41) is 10.5. The van der Waals surface area contributed by atoms with Crippen LogP contribution in [0.3, 0.4) is 0 Å². The molecule has 0 heterocycles. The van der Waals surface area contributed by atoms with E-state index in [9.17, 15) is 14.5 Å². The fourth-order valence-corrected chi connectivity index (χ4v) is 2.42. The molecule has 1 atom stereocenters. The van der Waals surface area contributed by atoms with Crippen molar-refractivity contribution in [2.24, 2.45) is 11.7 Å². The Balaban J connectivity index is 2.06. The quantitative estimate of drug-likeness (QED) is 0.631. The maximum Gasteiger partial charge on any atom is 0.304 e. The molecule has 0 radical (unpaired) electrons. The van der Waals surface area contributed by atoms with E-state index in [2.05, 4.69) is 4.90 Å². The lowest BCUT2D eigenvalue weighted by Gasteiger charge is -2.26. The molecular weight excluding hydrogens is 249 g/mol. The predicted octanol–water partition coefficient (Wildman–Crippen LogP) is 1.90. The maximum absolute atomic E-state index is 13.5. The van der Waals surface area contributed by atoms with Gasteiger partial charge in [-0.05, 0) is 37.4 Å². The highest BCUT2D eigenvalue weighted by atomic mass is 19.1. The van der Waals surface area contributed by atoms with Gasteiger partial charge >= 0.3 is 5.69 Å². The Labute approximate surface area is 111 Å². The zero-order valence-electron chi connectivity index (χ0n) is 10.9. The van der Waals surface area contributed by atoms with Gasteiger partial charge in [-0.25, -0.2) is 0 Å². The van der Waals surface area contributed by atoms with Crippen molar-refractivity contribution in [2.75, 3.05) is 13.6 Å². The number of benzene rings is 1. The first-order chi connectivity index (χ1) is 9.02. The van der Waals surface area contributed by atoms with E-state index in [1.165, 1.54) is 25.0 Å². The Morgan fingerprint density at radius 3 is 2.74 bits per heavy atom. The van der Waals surface area contributed by atoms with Crippen molar-refractivity contribution in [3.8, 4) is 0 Å². The molecule has 2 N–H and O–H groups in total. The van der Waals surface area contributed by atoms with Crippen LogP contribution in [0, 0.1) is 21.8 Å². The molecule has 104 valence electrons. The van der Waals surface area contributed by atoms with Crippen LogP contribution in [0.2, 0.25) is 0 Å². The van der Waals surface area contributed by atoms with Crippen molar-refractivity contribution in [1.29, 1.82) is 0 Å². The number of rotatable bonds is 6. The predicted molar refractivity (Wildman–Crippen MR) is 70.1 cm³/mol. The topological polar surface area (TPSA) is 72.4 Å². The van der Waals surface area contributed by atoms with Crippen LogP contribution in [0.15, 0.2) is 18.2 Å². The van der Waals surface area contributed by atoms with Gasteiger partial charge in [-0.2, -0.15) is 4.39 Å². The van der Waals surface area contributed by atoms with Gasteiger partial charge in [-0.15, -0.1) is 0 Å². The molecule has 0 aliphatic heterocycles. The van der Waals surface area contributed by atoms with E-state index in [1.807, 2.05) is 7.05 Å². The summed E-state index contributed by atoms with van der Waals surface area (Å²) >= 11 is 0. The van der Waals surface area contributed by atoms with E-state index in [0.29, 0.717) is 25.0 Å². The molecule has 1 saturated carbocycles. The Morgan fingerprint density at radius 2 is 2.26 bits per heavy atom. The van der Waals surface area contributed by atoms with Gasteiger partial charge in [0.1, 0.15) is 0 Å². The van der Waals surface area contributed by atoms with E-state index < -0.39 is 16.4 Å². The average Bonchev–Trinajstić information content (AvgIpc) is 3.14. The van der Waals surface area contributed by atoms with Crippen LogP contribution in [0.5, 0.6) is 0 Å². The van der Waals surface area contributed by atoms with Gasteiger partial charge < -0.3 is 5.73 Å². The van der Waals surface area contributed by atoms with E-state index >= 15 is 0 Å². The minimum absolute atomic E-state index is 0.304. The largest absolute Gasteiger partial charge is 0.329 e. The summed E-state index contributed by atoms with van der Waals surface area (Å²) in [6.07, 6.45) is 2.39. The fraction of sp³-hybridized carbons (Fsp3) is 0.538. The molecule has 1 aliphatic rings. The van der Waals surface area contributed by atoms with Crippen LogP contribution in [0.1, 0.15) is 18.4 Å². The third kappa shape index (κ3) is 3.27. The summed E-state index contributed by atoms with van der Waals surface area (Å²) in [4.78, 5) is 11.9. The Hall–Kier alpha value is -1.53. The molecule has 0 bridgehead atoms. The van der Waals surface area contributed by atoms with E-state index in [1.54, 1.807) is 6.07 Å². The molecule has 19 heavy (non-hydrogen) atoms. The SMILES string of the molecule is CN(Cc1ccc([N+](=O)[O-])c(F)c1)C(CN)C1CC1. The third-order valence-corrected chi connectivity index (χ3v) is 3.61. The summed E-state index contributed by atoms with van der Waals surface area (Å²) in [6.45, 7) is 1.13. The highest BCUT2D eigenvalue weighted by Gasteiger charge is 2.32. The van der Waals surface area contributed by atoms with Crippen molar-refractivity contribution < 1.29 is 9.31 Å². The lowest BCUT2D eigenvalue weighted by Crippen LogP contribution is -2.39. The lowest BCUT2D eigenvalue weighted by molar-refractivity contribution is -0.387. The maximum atomic E-state index is 13.5. The smallest absolute Gasteiger partial charge is 0.304 e. The molecule has 5 nitrogen and oxygen atoms in total. The van der Waals surface area contributed by atoms with Gasteiger partial charge in [-0.3, -0.25) is 15.0 Å². The molecule has 0 aromatic heterocycles. The Kier molecular flexibility index (Phi) is 4.11. The molecule has 2 rings (SSSR count). The van der Waals surface area contributed by atoms with E-state index in [4.69, 9.17) is 5.73 Å². The molecule has 0 amide bonds. The molecule has 0 spiro atoms. The second kappa shape index (κ2) is 5.63. The van der Waals surface area contributed by atoms with E-state index in [-0.39, 0.29) is 0 Å². The number of nitrogens with two attached hydrogens (primary N) is 1. The first-order valence-electron chi connectivity index (χ1n) is 6.36. The molecular formula is C13H18FN3O2. The highest BCUT2D eigenvalue weighted by Crippen LogP contribution is 2.35. The summed E-state index contributed by atoms with van der Waals surface area (Å²) in [7, 11) is 1.95. The van der Waals surface area contributed by atoms with Gasteiger partial charge in [-0.1, -0.05) is 6.07 Å². The first kappa shape index (κ1) is 13.9. The van der Waals surface area contributed by atoms with Gasteiger partial charge in [0.2, 0.25) is 5.82 Å². The fourth-order valence-electron chi connectivity index (χ4n) is 2.42. The number of halogens is 1. The zero-order chi connectivity index (χ0) is 14.0. The second-order valence-electron chi connectivity index (χ2n) is 5.10. The summed E-state index contributed by atoms with van der Waals surface area (Å²) < 4.78 is 13.5. The van der Waals surface area contributed by atoms with Gasteiger partial charge in [0.25, 0.3) is 0 Å². The molecule has 1 aromatic rings. The minimum atomic E-state index is -0.786. The Bertz CT molecular complexity index is 477. The standard InChI is InChI=1S/C13H18FN3O2/c1-16(13(7-15)10-3-4-10)8-9-2-5-12(17(18)19)11(14)6-9/h2,5-6,10,13H,3-4,7-8,15H2,1H3.